The van der Waals surface area contributed by atoms with Crippen molar-refractivity contribution in [3.63, 3.8) is 0 Å². The fourth-order valence-electron chi connectivity index (χ4n) is 1.98. The predicted octanol–water partition coefficient (Wildman–Crippen LogP) is 5.24. The van der Waals surface area contributed by atoms with Crippen molar-refractivity contribution in [2.24, 2.45) is 5.10 Å². The summed E-state index contributed by atoms with van der Waals surface area (Å²) in [5.41, 5.74) is 4.37. The fourth-order valence-corrected chi connectivity index (χ4v) is 2.10. The predicted molar refractivity (Wildman–Crippen MR) is 88.3 cm³/mol. The van der Waals surface area contributed by atoms with E-state index in [0.29, 0.717) is 22.0 Å². The summed E-state index contributed by atoms with van der Waals surface area (Å²) in [6.45, 7) is 1.71. The molecule has 0 fully saturated rings. The zero-order valence-electron chi connectivity index (χ0n) is 12.5. The molecule has 0 atom stereocenters. The van der Waals surface area contributed by atoms with Crippen LogP contribution in [0.2, 0.25) is 5.02 Å². The van der Waals surface area contributed by atoms with Crippen molar-refractivity contribution in [3.05, 3.63) is 58.6 Å². The van der Waals surface area contributed by atoms with E-state index in [1.54, 1.807) is 38.2 Å². The Bertz CT molecular complexity index is 710. The van der Waals surface area contributed by atoms with Crippen molar-refractivity contribution >= 4 is 28.7 Å². The molecule has 3 nitrogen and oxygen atoms in total. The first kappa shape index (κ1) is 17.1. The van der Waals surface area contributed by atoms with Gasteiger partial charge < -0.3 is 5.32 Å². The van der Waals surface area contributed by atoms with Gasteiger partial charge in [0.1, 0.15) is 0 Å². The second-order valence-corrected chi connectivity index (χ2v) is 5.26. The van der Waals surface area contributed by atoms with Crippen molar-refractivity contribution in [1.82, 2.24) is 0 Å². The lowest BCUT2D eigenvalue weighted by atomic mass is 10.1. The summed E-state index contributed by atoms with van der Waals surface area (Å²) in [7, 11) is 1.57. The zero-order chi connectivity index (χ0) is 17.0. The summed E-state index contributed by atoms with van der Waals surface area (Å²) in [6.07, 6.45) is -4.38. The lowest BCUT2D eigenvalue weighted by Gasteiger charge is -2.13. The molecule has 0 heterocycles. The maximum atomic E-state index is 12.8. The monoisotopic (exact) mass is 341 g/mol. The fraction of sp³-hybridized carbons (Fsp3) is 0.188. The van der Waals surface area contributed by atoms with E-state index in [1.165, 1.54) is 6.07 Å². The molecule has 0 amide bonds. The number of hydrogen-bond acceptors (Lipinski definition) is 3. The van der Waals surface area contributed by atoms with Gasteiger partial charge in [-0.1, -0.05) is 17.7 Å². The van der Waals surface area contributed by atoms with Gasteiger partial charge in [-0.2, -0.15) is 18.3 Å². The quantitative estimate of drug-likeness (QED) is 0.589. The molecule has 0 aromatic heterocycles. The Morgan fingerprint density at radius 3 is 2.30 bits per heavy atom. The summed E-state index contributed by atoms with van der Waals surface area (Å²) in [5.74, 6) is 0. The summed E-state index contributed by atoms with van der Waals surface area (Å²) in [5, 5.41) is 7.57. The number of halogens is 4. The molecule has 122 valence electrons. The summed E-state index contributed by atoms with van der Waals surface area (Å²) < 4.78 is 38.3. The number of hydrogen-bond donors (Lipinski definition) is 2. The molecule has 2 N–H and O–H groups in total. The van der Waals surface area contributed by atoms with Gasteiger partial charge >= 0.3 is 6.18 Å². The van der Waals surface area contributed by atoms with Crippen LogP contribution in [-0.4, -0.2) is 12.8 Å². The highest BCUT2D eigenvalue weighted by molar-refractivity contribution is 6.30. The molecule has 0 bridgehead atoms. The third kappa shape index (κ3) is 4.39. The first-order valence-electron chi connectivity index (χ1n) is 6.76. The zero-order valence-corrected chi connectivity index (χ0v) is 13.3. The third-order valence-corrected chi connectivity index (χ3v) is 3.45. The van der Waals surface area contributed by atoms with E-state index in [2.05, 4.69) is 15.8 Å². The number of anilines is 2. The number of alkyl halides is 3. The minimum absolute atomic E-state index is 0.360. The van der Waals surface area contributed by atoms with Crippen LogP contribution >= 0.6 is 11.6 Å². The Balaban J connectivity index is 2.25. The second-order valence-electron chi connectivity index (χ2n) is 4.82. The molecule has 0 saturated heterocycles. The van der Waals surface area contributed by atoms with Gasteiger partial charge in [-0.15, -0.1) is 0 Å². The van der Waals surface area contributed by atoms with Crippen LogP contribution in [-0.2, 0) is 6.18 Å². The van der Waals surface area contributed by atoms with Gasteiger partial charge in [-0.3, -0.25) is 5.43 Å². The minimum Gasteiger partial charge on any atom is -0.388 e. The van der Waals surface area contributed by atoms with E-state index >= 15 is 0 Å². The Morgan fingerprint density at radius 2 is 1.74 bits per heavy atom. The molecular weight excluding hydrogens is 327 g/mol. The molecule has 2 rings (SSSR count). The summed E-state index contributed by atoms with van der Waals surface area (Å²) >= 11 is 5.80. The molecule has 0 radical (unpaired) electrons. The molecule has 0 aliphatic heterocycles. The molecule has 0 aliphatic rings. The maximum Gasteiger partial charge on any atom is 0.416 e. The molecular formula is C16H15ClF3N3. The van der Waals surface area contributed by atoms with Gasteiger partial charge in [-0.25, -0.2) is 0 Å². The van der Waals surface area contributed by atoms with Gasteiger partial charge in [0.2, 0.25) is 0 Å². The first-order valence-corrected chi connectivity index (χ1v) is 7.14. The minimum atomic E-state index is -4.38. The van der Waals surface area contributed by atoms with E-state index in [-0.39, 0.29) is 0 Å². The topological polar surface area (TPSA) is 36.4 Å². The van der Waals surface area contributed by atoms with Gasteiger partial charge in [0.25, 0.3) is 0 Å². The van der Waals surface area contributed by atoms with Crippen molar-refractivity contribution in [1.29, 1.82) is 0 Å². The second kappa shape index (κ2) is 6.91. The smallest absolute Gasteiger partial charge is 0.388 e. The lowest BCUT2D eigenvalue weighted by molar-refractivity contribution is -0.137. The van der Waals surface area contributed by atoms with E-state index < -0.39 is 11.7 Å². The van der Waals surface area contributed by atoms with E-state index in [0.717, 1.165) is 17.8 Å². The number of benzene rings is 2. The first-order chi connectivity index (χ1) is 10.8. The van der Waals surface area contributed by atoms with E-state index in [9.17, 15) is 13.2 Å². The van der Waals surface area contributed by atoms with Gasteiger partial charge in [-0.05, 0) is 43.3 Å². The van der Waals surface area contributed by atoms with Gasteiger partial charge in [0.05, 0.1) is 17.0 Å². The Kier molecular flexibility index (Phi) is 5.15. The highest BCUT2D eigenvalue weighted by Gasteiger charge is 2.31. The lowest BCUT2D eigenvalue weighted by Crippen LogP contribution is -2.09. The number of nitrogens with zero attached hydrogens (tertiary/aromatic N) is 1. The number of nitrogens with one attached hydrogen (secondary N) is 2. The van der Waals surface area contributed by atoms with Crippen LogP contribution in [0.15, 0.2) is 47.6 Å². The van der Waals surface area contributed by atoms with Gasteiger partial charge in [0.15, 0.2) is 0 Å². The average Bonchev–Trinajstić information content (AvgIpc) is 2.52. The van der Waals surface area contributed by atoms with Crippen LogP contribution in [0.25, 0.3) is 0 Å². The van der Waals surface area contributed by atoms with Crippen molar-refractivity contribution < 1.29 is 13.2 Å². The maximum absolute atomic E-state index is 12.8. The summed E-state index contributed by atoms with van der Waals surface area (Å²) in [6, 6.07) is 10.4. The highest BCUT2D eigenvalue weighted by atomic mass is 35.5. The SMILES string of the molecule is CNc1cc(C(F)(F)F)ccc1/C(C)=N\Nc1ccc(Cl)cc1. The Morgan fingerprint density at radius 1 is 1.09 bits per heavy atom. The van der Waals surface area contributed by atoms with Crippen LogP contribution in [0, 0.1) is 0 Å². The molecule has 0 saturated carbocycles. The largest absolute Gasteiger partial charge is 0.416 e. The van der Waals surface area contributed by atoms with Crippen LogP contribution in [0.3, 0.4) is 0 Å². The Labute approximate surface area is 137 Å². The molecule has 2 aromatic rings. The Hall–Kier alpha value is -2.21. The highest BCUT2D eigenvalue weighted by Crippen LogP contribution is 2.32. The van der Waals surface area contributed by atoms with E-state index in [1.807, 2.05) is 0 Å². The van der Waals surface area contributed by atoms with Crippen molar-refractivity contribution in [2.75, 3.05) is 17.8 Å². The third-order valence-electron chi connectivity index (χ3n) is 3.20. The number of rotatable bonds is 4. The molecule has 2 aromatic carbocycles. The molecule has 0 unspecified atom stereocenters. The van der Waals surface area contributed by atoms with Crippen molar-refractivity contribution in [2.45, 2.75) is 13.1 Å². The van der Waals surface area contributed by atoms with Crippen LogP contribution < -0.4 is 10.7 Å². The molecule has 7 heteroatoms. The van der Waals surface area contributed by atoms with Crippen molar-refractivity contribution in [3.8, 4) is 0 Å². The van der Waals surface area contributed by atoms with Crippen LogP contribution in [0.5, 0.6) is 0 Å². The summed E-state index contributed by atoms with van der Waals surface area (Å²) in [4.78, 5) is 0. The van der Waals surface area contributed by atoms with Crippen LogP contribution in [0.4, 0.5) is 24.5 Å². The molecule has 23 heavy (non-hydrogen) atoms. The van der Waals surface area contributed by atoms with Crippen LogP contribution in [0.1, 0.15) is 18.1 Å². The molecule has 0 spiro atoms. The average molecular weight is 342 g/mol. The standard InChI is InChI=1S/C16H15ClF3N3/c1-10(22-23-13-6-4-12(17)5-7-13)14-8-3-11(16(18,19)20)9-15(14)21-2/h3-9,21,23H,1-2H3/b22-10-. The number of hydrazone groups is 1. The molecule has 0 aliphatic carbocycles. The normalized spacial score (nSPS) is 12.2. The van der Waals surface area contributed by atoms with Gasteiger partial charge in [0, 0.05) is 23.3 Å². The van der Waals surface area contributed by atoms with E-state index in [4.69, 9.17) is 11.6 Å².